The first-order valence-corrected chi connectivity index (χ1v) is 13.0. The van der Waals surface area contributed by atoms with Crippen LogP contribution in [0.25, 0.3) is 0 Å². The first kappa shape index (κ1) is 27.5. The normalized spacial score (nSPS) is 12.0. The van der Waals surface area contributed by atoms with Crippen molar-refractivity contribution in [2.45, 2.75) is 57.8 Å². The lowest BCUT2D eigenvalue weighted by Crippen LogP contribution is -2.17. The van der Waals surface area contributed by atoms with Gasteiger partial charge >= 0.3 is 5.97 Å². The molecule has 0 aliphatic rings. The molecule has 36 heavy (non-hydrogen) atoms. The predicted molar refractivity (Wildman–Crippen MR) is 142 cm³/mol. The highest BCUT2D eigenvalue weighted by atomic mass is 35.5. The number of rotatable bonds is 10. The van der Waals surface area contributed by atoms with Crippen LogP contribution in [0.15, 0.2) is 47.6 Å². The second-order valence-corrected chi connectivity index (χ2v) is 10.2. The minimum atomic E-state index is -0.574. The molecule has 1 atom stereocenters. The van der Waals surface area contributed by atoms with Gasteiger partial charge in [-0.2, -0.15) is 0 Å². The maximum absolute atomic E-state index is 12.6. The van der Waals surface area contributed by atoms with Gasteiger partial charge in [-0.25, -0.2) is 4.79 Å². The summed E-state index contributed by atoms with van der Waals surface area (Å²) in [6, 6.07) is 12.8. The number of carbonyl (C=O) groups is 2. The van der Waals surface area contributed by atoms with Crippen LogP contribution in [-0.2, 0) is 9.53 Å². The molecule has 3 rings (SSSR count). The third kappa shape index (κ3) is 6.79. The average molecular weight is 531 g/mol. The number of hydrogen-bond donors (Lipinski definition) is 1. The SMILES string of the molecule is COC(=O)c1cc(NC(=O)CSc2nnc(C(C)Oc3ccc(C(C)C)cc3)n2C(C)C)ccc1Cl. The summed E-state index contributed by atoms with van der Waals surface area (Å²) in [5.41, 5.74) is 1.88. The van der Waals surface area contributed by atoms with Crippen molar-refractivity contribution in [1.82, 2.24) is 14.8 Å². The molecule has 1 heterocycles. The Morgan fingerprint density at radius 2 is 1.75 bits per heavy atom. The van der Waals surface area contributed by atoms with E-state index in [0.29, 0.717) is 22.6 Å². The Hall–Kier alpha value is -3.04. The Morgan fingerprint density at radius 3 is 2.36 bits per heavy atom. The highest BCUT2D eigenvalue weighted by Crippen LogP contribution is 2.29. The van der Waals surface area contributed by atoms with Gasteiger partial charge in [0.1, 0.15) is 5.75 Å². The lowest BCUT2D eigenvalue weighted by Gasteiger charge is -2.19. The van der Waals surface area contributed by atoms with Crippen molar-refractivity contribution in [3.8, 4) is 5.75 Å². The number of anilines is 1. The maximum Gasteiger partial charge on any atom is 0.339 e. The summed E-state index contributed by atoms with van der Waals surface area (Å²) >= 11 is 7.32. The molecule has 0 saturated heterocycles. The van der Waals surface area contributed by atoms with E-state index in [2.05, 4.69) is 41.5 Å². The minimum Gasteiger partial charge on any atom is -0.483 e. The lowest BCUT2D eigenvalue weighted by molar-refractivity contribution is -0.113. The fraction of sp³-hybridized carbons (Fsp3) is 0.385. The number of methoxy groups -OCH3 is 1. The summed E-state index contributed by atoms with van der Waals surface area (Å²) in [5.74, 6) is 1.16. The van der Waals surface area contributed by atoms with E-state index in [1.54, 1.807) is 6.07 Å². The number of ether oxygens (including phenoxy) is 2. The number of esters is 1. The Bertz CT molecular complexity index is 1210. The van der Waals surface area contributed by atoms with Gasteiger partial charge in [0.2, 0.25) is 5.91 Å². The molecule has 0 aliphatic heterocycles. The average Bonchev–Trinajstić information content (AvgIpc) is 3.28. The van der Waals surface area contributed by atoms with Gasteiger partial charge in [-0.3, -0.25) is 4.79 Å². The van der Waals surface area contributed by atoms with Gasteiger partial charge in [0, 0.05) is 11.7 Å². The molecule has 2 aromatic carbocycles. The fourth-order valence-corrected chi connectivity index (χ4v) is 4.60. The second-order valence-electron chi connectivity index (χ2n) is 8.81. The molecule has 8 nitrogen and oxygen atoms in total. The summed E-state index contributed by atoms with van der Waals surface area (Å²) in [6.07, 6.45) is -0.334. The Morgan fingerprint density at radius 1 is 1.06 bits per heavy atom. The molecule has 0 saturated carbocycles. The molecule has 10 heteroatoms. The molecule has 0 spiro atoms. The molecule has 1 aromatic heterocycles. The van der Waals surface area contributed by atoms with Gasteiger partial charge in [0.15, 0.2) is 17.1 Å². The first-order valence-electron chi connectivity index (χ1n) is 11.6. The van der Waals surface area contributed by atoms with E-state index in [-0.39, 0.29) is 34.4 Å². The van der Waals surface area contributed by atoms with Crippen molar-refractivity contribution in [3.05, 3.63) is 64.4 Å². The lowest BCUT2D eigenvalue weighted by atomic mass is 10.0. The maximum atomic E-state index is 12.6. The fourth-order valence-electron chi connectivity index (χ4n) is 3.53. The monoisotopic (exact) mass is 530 g/mol. The number of carbonyl (C=O) groups excluding carboxylic acids is 2. The first-order chi connectivity index (χ1) is 17.1. The van der Waals surface area contributed by atoms with Crippen LogP contribution in [0.3, 0.4) is 0 Å². The molecule has 1 unspecified atom stereocenters. The molecule has 3 aromatic rings. The third-order valence-corrected chi connectivity index (χ3v) is 6.69. The smallest absolute Gasteiger partial charge is 0.339 e. The summed E-state index contributed by atoms with van der Waals surface area (Å²) in [5, 5.41) is 12.3. The van der Waals surface area contributed by atoms with Crippen LogP contribution in [0.5, 0.6) is 5.75 Å². The van der Waals surface area contributed by atoms with E-state index < -0.39 is 5.97 Å². The van der Waals surface area contributed by atoms with E-state index in [4.69, 9.17) is 21.1 Å². The van der Waals surface area contributed by atoms with Crippen LogP contribution in [0.2, 0.25) is 5.02 Å². The molecule has 0 fully saturated rings. The zero-order valence-electron chi connectivity index (χ0n) is 21.2. The molecule has 1 N–H and O–H groups in total. The van der Waals surface area contributed by atoms with Crippen LogP contribution in [0, 0.1) is 0 Å². The van der Waals surface area contributed by atoms with Crippen LogP contribution >= 0.6 is 23.4 Å². The molecule has 0 bridgehead atoms. The van der Waals surface area contributed by atoms with Crippen LogP contribution in [0.1, 0.15) is 74.4 Å². The highest BCUT2D eigenvalue weighted by Gasteiger charge is 2.22. The van der Waals surface area contributed by atoms with Crippen molar-refractivity contribution in [2.75, 3.05) is 18.2 Å². The van der Waals surface area contributed by atoms with Crippen molar-refractivity contribution < 1.29 is 19.1 Å². The van der Waals surface area contributed by atoms with Gasteiger partial charge in [-0.15, -0.1) is 10.2 Å². The molecule has 0 aliphatic carbocycles. The largest absolute Gasteiger partial charge is 0.483 e. The van der Waals surface area contributed by atoms with Crippen LogP contribution in [0.4, 0.5) is 5.69 Å². The molecule has 1 amide bonds. The van der Waals surface area contributed by atoms with Gasteiger partial charge < -0.3 is 19.4 Å². The van der Waals surface area contributed by atoms with Crippen molar-refractivity contribution in [3.63, 3.8) is 0 Å². The van der Waals surface area contributed by atoms with Crippen LogP contribution < -0.4 is 10.1 Å². The zero-order valence-corrected chi connectivity index (χ0v) is 22.8. The number of benzene rings is 2. The molecule has 192 valence electrons. The number of nitrogens with one attached hydrogen (secondary N) is 1. The van der Waals surface area contributed by atoms with Crippen LogP contribution in [-0.4, -0.2) is 39.5 Å². The van der Waals surface area contributed by atoms with Crippen molar-refractivity contribution in [1.29, 1.82) is 0 Å². The zero-order chi connectivity index (χ0) is 26.4. The van der Waals surface area contributed by atoms with Gasteiger partial charge in [-0.1, -0.05) is 49.3 Å². The second kappa shape index (κ2) is 12.3. The standard InChI is InChI=1S/C26H31ClN4O4S/c1-15(2)18-7-10-20(11-8-18)35-17(5)24-29-30-26(31(24)16(3)4)36-14-23(32)28-19-9-12-22(27)21(13-19)25(33)34-6/h7-13,15-17H,14H2,1-6H3,(H,28,32). The molecular formula is C26H31ClN4O4S. The van der Waals surface area contributed by atoms with E-state index in [1.165, 1.54) is 36.6 Å². The van der Waals surface area contributed by atoms with Crippen molar-refractivity contribution >= 4 is 40.9 Å². The number of thioether (sulfide) groups is 1. The van der Waals surface area contributed by atoms with Gasteiger partial charge in [-0.05, 0) is 62.6 Å². The number of hydrogen-bond acceptors (Lipinski definition) is 7. The number of amides is 1. The number of nitrogens with zero attached hydrogens (tertiary/aromatic N) is 3. The highest BCUT2D eigenvalue weighted by molar-refractivity contribution is 7.99. The quantitative estimate of drug-likeness (QED) is 0.243. The summed E-state index contributed by atoms with van der Waals surface area (Å²) in [4.78, 5) is 24.4. The Labute approximate surface area is 220 Å². The summed E-state index contributed by atoms with van der Waals surface area (Å²) in [6.45, 7) is 10.3. The van der Waals surface area contributed by atoms with E-state index in [9.17, 15) is 9.59 Å². The van der Waals surface area contributed by atoms with Gasteiger partial charge in [0.05, 0.1) is 23.4 Å². The Kier molecular flexibility index (Phi) is 9.39. The van der Waals surface area contributed by atoms with E-state index >= 15 is 0 Å². The van der Waals surface area contributed by atoms with E-state index in [1.807, 2.05) is 37.5 Å². The number of aromatic nitrogens is 3. The van der Waals surface area contributed by atoms with Gasteiger partial charge in [0.25, 0.3) is 0 Å². The van der Waals surface area contributed by atoms with E-state index in [0.717, 1.165) is 5.75 Å². The minimum absolute atomic E-state index is 0.0637. The number of halogens is 1. The topological polar surface area (TPSA) is 95.3 Å². The summed E-state index contributed by atoms with van der Waals surface area (Å²) < 4.78 is 12.8. The Balaban J connectivity index is 1.67. The van der Waals surface area contributed by atoms with Crippen molar-refractivity contribution in [2.24, 2.45) is 0 Å². The summed E-state index contributed by atoms with van der Waals surface area (Å²) in [7, 11) is 1.27. The molecular weight excluding hydrogens is 500 g/mol. The predicted octanol–water partition coefficient (Wildman–Crippen LogP) is 6.29. The molecule has 0 radical (unpaired) electrons. The third-order valence-electron chi connectivity index (χ3n) is 5.42.